The maximum Gasteiger partial charge on any atom is 0.250 e. The van der Waals surface area contributed by atoms with Gasteiger partial charge in [0, 0.05) is 12.7 Å². The lowest BCUT2D eigenvalue weighted by Gasteiger charge is -2.19. The molecule has 1 aliphatic heterocycles. The molecule has 1 fully saturated rings. The largest absolute Gasteiger partial charge is 0.490 e. The topological polar surface area (TPSA) is 42.1 Å². The summed E-state index contributed by atoms with van der Waals surface area (Å²) in [6.45, 7) is 8.82. The van der Waals surface area contributed by atoms with E-state index >= 15 is 0 Å². The number of hydrogen-bond acceptors (Lipinski definition) is 3. The van der Waals surface area contributed by atoms with Crippen LogP contribution in [0.1, 0.15) is 11.1 Å². The third-order valence-corrected chi connectivity index (χ3v) is 3.15. The summed E-state index contributed by atoms with van der Waals surface area (Å²) in [7, 11) is 1.73. The summed E-state index contributed by atoms with van der Waals surface area (Å²) in [4.78, 5) is 13.2. The minimum atomic E-state index is -0.126. The minimum Gasteiger partial charge on any atom is -0.490 e. The molecule has 1 unspecified atom stereocenters. The Balaban J connectivity index is 2.19. The Morgan fingerprint density at radius 2 is 2.11 bits per heavy atom. The van der Waals surface area contributed by atoms with Crippen LogP contribution in [0.25, 0.3) is 0 Å². The lowest BCUT2D eigenvalue weighted by Crippen LogP contribution is -2.24. The van der Waals surface area contributed by atoms with Crippen LogP contribution in [-0.2, 0) is 9.53 Å². The Morgan fingerprint density at radius 3 is 2.58 bits per heavy atom. The Bertz CT molecular complexity index is 483. The fraction of sp³-hybridized carbons (Fsp3) is 0.400. The molecule has 1 heterocycles. The third-order valence-electron chi connectivity index (χ3n) is 3.15. The van der Waals surface area contributed by atoms with E-state index in [0.717, 1.165) is 29.2 Å². The van der Waals surface area contributed by atoms with Gasteiger partial charge in [0.15, 0.2) is 0 Å². The van der Waals surface area contributed by atoms with Gasteiger partial charge in [-0.05, 0) is 43.2 Å². The SMILES string of the molecule is C=CC(=O)N(C)c1cc(C)c(OCC2CO2)c(C)c1. The number of aryl methyl sites for hydroxylation is 2. The zero-order valence-electron chi connectivity index (χ0n) is 11.6. The van der Waals surface area contributed by atoms with Gasteiger partial charge in [0.25, 0.3) is 0 Å². The van der Waals surface area contributed by atoms with Gasteiger partial charge in [0.05, 0.1) is 6.61 Å². The highest BCUT2D eigenvalue weighted by atomic mass is 16.6. The average Bonchev–Trinajstić information content (AvgIpc) is 3.19. The van der Waals surface area contributed by atoms with E-state index in [1.807, 2.05) is 26.0 Å². The predicted molar refractivity (Wildman–Crippen MR) is 74.8 cm³/mol. The maximum absolute atomic E-state index is 11.6. The van der Waals surface area contributed by atoms with Crippen LogP contribution < -0.4 is 9.64 Å². The Morgan fingerprint density at radius 1 is 1.53 bits per heavy atom. The van der Waals surface area contributed by atoms with Gasteiger partial charge < -0.3 is 14.4 Å². The molecule has 0 saturated carbocycles. The van der Waals surface area contributed by atoms with Crippen molar-refractivity contribution in [3.8, 4) is 5.75 Å². The van der Waals surface area contributed by atoms with E-state index in [4.69, 9.17) is 9.47 Å². The van der Waals surface area contributed by atoms with Gasteiger partial charge in [0.2, 0.25) is 5.91 Å². The molecule has 0 spiro atoms. The molecule has 4 nitrogen and oxygen atoms in total. The molecule has 0 radical (unpaired) electrons. The standard InChI is InChI=1S/C15H19NO3/c1-5-14(17)16(4)12-6-10(2)15(11(3)7-12)19-9-13-8-18-13/h5-7,13H,1,8-9H2,2-4H3. The van der Waals surface area contributed by atoms with Gasteiger partial charge in [-0.15, -0.1) is 0 Å². The quantitative estimate of drug-likeness (QED) is 0.603. The minimum absolute atomic E-state index is 0.126. The maximum atomic E-state index is 11.6. The van der Waals surface area contributed by atoms with Crippen molar-refractivity contribution in [3.63, 3.8) is 0 Å². The molecular formula is C15H19NO3. The molecule has 0 aromatic heterocycles. The molecule has 1 aromatic rings. The molecule has 102 valence electrons. The Hall–Kier alpha value is -1.81. The summed E-state index contributed by atoms with van der Waals surface area (Å²) in [5.41, 5.74) is 2.87. The van der Waals surface area contributed by atoms with Crippen LogP contribution in [0.5, 0.6) is 5.75 Å². The summed E-state index contributed by atoms with van der Waals surface area (Å²) in [6.07, 6.45) is 1.54. The van der Waals surface area contributed by atoms with Crippen LogP contribution in [0.4, 0.5) is 5.69 Å². The van der Waals surface area contributed by atoms with Gasteiger partial charge in [-0.1, -0.05) is 6.58 Å². The van der Waals surface area contributed by atoms with Crippen molar-refractivity contribution >= 4 is 11.6 Å². The van der Waals surface area contributed by atoms with E-state index in [1.54, 1.807) is 11.9 Å². The van der Waals surface area contributed by atoms with Crippen LogP contribution in [0, 0.1) is 13.8 Å². The first-order chi connectivity index (χ1) is 9.02. The molecule has 2 rings (SSSR count). The monoisotopic (exact) mass is 261 g/mol. The predicted octanol–water partition coefficient (Wildman–Crippen LogP) is 2.23. The van der Waals surface area contributed by atoms with Gasteiger partial charge >= 0.3 is 0 Å². The van der Waals surface area contributed by atoms with Crippen molar-refractivity contribution < 1.29 is 14.3 Å². The zero-order chi connectivity index (χ0) is 14.0. The molecule has 0 N–H and O–H groups in total. The number of epoxide rings is 1. The normalized spacial score (nSPS) is 16.9. The number of carbonyl (C=O) groups excluding carboxylic acids is 1. The fourth-order valence-corrected chi connectivity index (χ4v) is 1.95. The van der Waals surface area contributed by atoms with Crippen molar-refractivity contribution in [3.05, 3.63) is 35.9 Å². The van der Waals surface area contributed by atoms with Gasteiger partial charge in [0.1, 0.15) is 18.5 Å². The molecule has 0 aliphatic carbocycles. The highest BCUT2D eigenvalue weighted by Crippen LogP contribution is 2.29. The number of likely N-dealkylation sites (N-methyl/N-ethyl adjacent to an activating group) is 1. The van der Waals surface area contributed by atoms with E-state index in [9.17, 15) is 4.79 Å². The molecule has 1 aliphatic rings. The summed E-state index contributed by atoms with van der Waals surface area (Å²) >= 11 is 0. The van der Waals surface area contributed by atoms with Crippen LogP contribution >= 0.6 is 0 Å². The van der Waals surface area contributed by atoms with E-state index in [1.165, 1.54) is 6.08 Å². The highest BCUT2D eigenvalue weighted by molar-refractivity contribution is 6.00. The molecule has 1 amide bonds. The van der Waals surface area contributed by atoms with E-state index in [2.05, 4.69) is 6.58 Å². The number of nitrogens with zero attached hydrogens (tertiary/aromatic N) is 1. The van der Waals surface area contributed by atoms with Crippen LogP contribution in [-0.4, -0.2) is 32.3 Å². The summed E-state index contributed by atoms with van der Waals surface area (Å²) < 4.78 is 10.9. The molecule has 1 saturated heterocycles. The molecule has 19 heavy (non-hydrogen) atoms. The van der Waals surface area contributed by atoms with E-state index in [0.29, 0.717) is 6.61 Å². The number of amides is 1. The van der Waals surface area contributed by atoms with Crippen molar-refractivity contribution in [1.82, 2.24) is 0 Å². The summed E-state index contributed by atoms with van der Waals surface area (Å²) in [5, 5.41) is 0. The average molecular weight is 261 g/mol. The molecule has 0 bridgehead atoms. The molecule has 1 aromatic carbocycles. The van der Waals surface area contributed by atoms with Gasteiger partial charge in [-0.3, -0.25) is 4.79 Å². The number of benzene rings is 1. The van der Waals surface area contributed by atoms with Crippen molar-refractivity contribution in [2.24, 2.45) is 0 Å². The second-order valence-electron chi connectivity index (χ2n) is 4.78. The lowest BCUT2D eigenvalue weighted by atomic mass is 10.1. The van der Waals surface area contributed by atoms with Crippen LogP contribution in [0.2, 0.25) is 0 Å². The summed E-state index contributed by atoms with van der Waals surface area (Å²) in [5.74, 6) is 0.748. The number of rotatable bonds is 5. The second kappa shape index (κ2) is 5.45. The smallest absolute Gasteiger partial charge is 0.250 e. The summed E-state index contributed by atoms with van der Waals surface area (Å²) in [6, 6.07) is 3.88. The first kappa shape index (κ1) is 13.6. The van der Waals surface area contributed by atoms with Crippen LogP contribution in [0.15, 0.2) is 24.8 Å². The first-order valence-electron chi connectivity index (χ1n) is 6.28. The van der Waals surface area contributed by atoms with Gasteiger partial charge in [-0.25, -0.2) is 0 Å². The van der Waals surface area contributed by atoms with Crippen molar-refractivity contribution in [2.75, 3.05) is 25.2 Å². The Kier molecular flexibility index (Phi) is 3.90. The van der Waals surface area contributed by atoms with E-state index < -0.39 is 0 Å². The second-order valence-corrected chi connectivity index (χ2v) is 4.78. The van der Waals surface area contributed by atoms with Crippen LogP contribution in [0.3, 0.4) is 0 Å². The Labute approximate surface area is 113 Å². The third kappa shape index (κ3) is 3.15. The zero-order valence-corrected chi connectivity index (χ0v) is 11.6. The number of ether oxygens (including phenoxy) is 2. The number of carbonyl (C=O) groups is 1. The molecule has 4 heteroatoms. The highest BCUT2D eigenvalue weighted by Gasteiger charge is 2.24. The first-order valence-corrected chi connectivity index (χ1v) is 6.28. The van der Waals surface area contributed by atoms with Crippen molar-refractivity contribution in [1.29, 1.82) is 0 Å². The number of anilines is 1. The molecule has 1 atom stereocenters. The van der Waals surface area contributed by atoms with E-state index in [-0.39, 0.29) is 12.0 Å². The fourth-order valence-electron chi connectivity index (χ4n) is 1.95. The number of hydrogen-bond donors (Lipinski definition) is 0. The van der Waals surface area contributed by atoms with Crippen molar-refractivity contribution in [2.45, 2.75) is 20.0 Å². The lowest BCUT2D eigenvalue weighted by molar-refractivity contribution is -0.113. The van der Waals surface area contributed by atoms with Gasteiger partial charge in [-0.2, -0.15) is 0 Å². The molecular weight excluding hydrogens is 242 g/mol.